The van der Waals surface area contributed by atoms with Crippen LogP contribution < -0.4 is 0 Å². The Balaban J connectivity index is 2.25. The number of hydrogen-bond donors (Lipinski definition) is 0. The van der Waals surface area contributed by atoms with Crippen LogP contribution in [0.5, 0.6) is 0 Å². The van der Waals surface area contributed by atoms with E-state index in [-0.39, 0.29) is 29.6 Å². The summed E-state index contributed by atoms with van der Waals surface area (Å²) in [7, 11) is 0. The van der Waals surface area contributed by atoms with Gasteiger partial charge in [0.05, 0.1) is 0 Å². The molecule has 0 spiro atoms. The molecule has 0 aromatic heterocycles. The highest BCUT2D eigenvalue weighted by molar-refractivity contribution is 6.02. The summed E-state index contributed by atoms with van der Waals surface area (Å²) in [6, 6.07) is 16.4. The van der Waals surface area contributed by atoms with Gasteiger partial charge >= 0.3 is 0 Å². The van der Waals surface area contributed by atoms with Crippen LogP contribution in [0.15, 0.2) is 60.7 Å². The van der Waals surface area contributed by atoms with Gasteiger partial charge in [-0.3, -0.25) is 4.79 Å². The number of hydrogen-bond acceptors (Lipinski definition) is 1. The predicted octanol–water partition coefficient (Wildman–Crippen LogP) is 7.43. The molecule has 0 unspecified atom stereocenters. The Morgan fingerprint density at radius 3 is 1.61 bits per heavy atom. The van der Waals surface area contributed by atoms with Crippen molar-refractivity contribution in [3.63, 3.8) is 0 Å². The lowest BCUT2D eigenvalue weighted by atomic mass is 9.92. The monoisotopic (exact) mass is 447 g/mol. The lowest BCUT2D eigenvalue weighted by molar-refractivity contribution is 0.0643. The maximum absolute atomic E-state index is 13.7. The van der Waals surface area contributed by atoms with Gasteiger partial charge in [0.1, 0.15) is 11.6 Å². The maximum Gasteiger partial charge on any atom is 0.254 e. The summed E-state index contributed by atoms with van der Waals surface area (Å²) in [5.41, 5.74) is 5.84. The van der Waals surface area contributed by atoms with Crippen molar-refractivity contribution < 1.29 is 13.6 Å². The van der Waals surface area contributed by atoms with E-state index in [9.17, 15) is 13.6 Å². The number of aryl methyl sites for hydroxylation is 2. The van der Waals surface area contributed by atoms with E-state index in [0.717, 1.165) is 33.4 Å². The van der Waals surface area contributed by atoms with Crippen molar-refractivity contribution in [3.8, 4) is 0 Å². The van der Waals surface area contributed by atoms with Gasteiger partial charge in [0.15, 0.2) is 0 Å². The van der Waals surface area contributed by atoms with Gasteiger partial charge in [-0.15, -0.1) is 0 Å². The summed E-state index contributed by atoms with van der Waals surface area (Å²) in [5, 5.41) is 0. The molecule has 3 aromatic carbocycles. The molecule has 0 fully saturated rings. The Morgan fingerprint density at radius 2 is 1.18 bits per heavy atom. The van der Waals surface area contributed by atoms with Gasteiger partial charge in [0.25, 0.3) is 5.91 Å². The quantitative estimate of drug-likeness (QED) is 0.360. The van der Waals surface area contributed by atoms with E-state index in [4.69, 9.17) is 0 Å². The van der Waals surface area contributed by atoms with E-state index >= 15 is 0 Å². The first-order chi connectivity index (χ1) is 15.6. The topological polar surface area (TPSA) is 20.3 Å². The molecule has 3 rings (SSSR count). The zero-order valence-corrected chi connectivity index (χ0v) is 20.1. The number of amides is 1. The number of carbonyl (C=O) groups is 1. The summed E-state index contributed by atoms with van der Waals surface area (Å²) >= 11 is 0. The van der Waals surface area contributed by atoms with Crippen LogP contribution in [0.3, 0.4) is 0 Å². The van der Waals surface area contributed by atoms with Crippen molar-refractivity contribution in [3.05, 3.63) is 106 Å². The third-order valence-corrected chi connectivity index (χ3v) is 5.85. The SMILES string of the molecule is Cc1cc(C=C(c2ccc(F)cc2)c2ccc(F)cc2)c(C(=O)N(C(C)C)C(C)C)cc1C. The lowest BCUT2D eigenvalue weighted by Crippen LogP contribution is -2.42. The van der Waals surface area contributed by atoms with Crippen molar-refractivity contribution in [1.82, 2.24) is 4.90 Å². The Morgan fingerprint density at radius 1 is 0.758 bits per heavy atom. The zero-order chi connectivity index (χ0) is 24.3. The third-order valence-electron chi connectivity index (χ3n) is 5.85. The van der Waals surface area contributed by atoms with Crippen molar-refractivity contribution in [1.29, 1.82) is 0 Å². The van der Waals surface area contributed by atoms with E-state index in [1.54, 1.807) is 24.3 Å². The van der Waals surface area contributed by atoms with E-state index in [1.807, 2.05) is 64.7 Å². The second-order valence-electron chi connectivity index (χ2n) is 9.00. The third kappa shape index (κ3) is 5.57. The molecule has 33 heavy (non-hydrogen) atoms. The summed E-state index contributed by atoms with van der Waals surface area (Å²) in [6.45, 7) is 12.1. The van der Waals surface area contributed by atoms with Gasteiger partial charge in [-0.2, -0.15) is 0 Å². The van der Waals surface area contributed by atoms with Crippen LogP contribution in [0.1, 0.15) is 65.9 Å². The first-order valence-electron chi connectivity index (χ1n) is 11.3. The highest BCUT2D eigenvalue weighted by Gasteiger charge is 2.24. The molecular weight excluding hydrogens is 416 g/mol. The fourth-order valence-electron chi connectivity index (χ4n) is 4.10. The molecule has 0 heterocycles. The first-order valence-corrected chi connectivity index (χ1v) is 11.3. The number of halogens is 2. The van der Waals surface area contributed by atoms with Gasteiger partial charge in [0, 0.05) is 17.6 Å². The Labute approximate surface area is 195 Å². The maximum atomic E-state index is 13.7. The van der Waals surface area contributed by atoms with Crippen LogP contribution in [-0.2, 0) is 0 Å². The largest absolute Gasteiger partial charge is 0.334 e. The first kappa shape index (κ1) is 24.4. The van der Waals surface area contributed by atoms with Crippen molar-refractivity contribution in [2.24, 2.45) is 0 Å². The molecule has 0 atom stereocenters. The van der Waals surface area contributed by atoms with E-state index in [2.05, 4.69) is 0 Å². The van der Waals surface area contributed by atoms with Crippen LogP contribution in [0.25, 0.3) is 11.6 Å². The number of carbonyl (C=O) groups excluding carboxylic acids is 1. The number of rotatable bonds is 6. The summed E-state index contributed by atoms with van der Waals surface area (Å²) in [6.07, 6.45) is 1.94. The Hall–Kier alpha value is -3.27. The molecule has 3 aromatic rings. The average molecular weight is 448 g/mol. The molecule has 1 amide bonds. The van der Waals surface area contributed by atoms with Crippen molar-refractivity contribution >= 4 is 17.6 Å². The summed E-state index contributed by atoms with van der Waals surface area (Å²) in [5.74, 6) is -0.695. The molecule has 4 heteroatoms. The molecule has 0 radical (unpaired) electrons. The zero-order valence-electron chi connectivity index (χ0n) is 20.1. The molecule has 0 aliphatic rings. The number of nitrogens with zero attached hydrogens (tertiary/aromatic N) is 1. The van der Waals surface area contributed by atoms with Crippen molar-refractivity contribution in [2.45, 2.75) is 53.6 Å². The summed E-state index contributed by atoms with van der Waals surface area (Å²) in [4.78, 5) is 15.5. The molecule has 2 nitrogen and oxygen atoms in total. The second-order valence-corrected chi connectivity index (χ2v) is 9.00. The van der Waals surface area contributed by atoms with Crippen molar-refractivity contribution in [2.75, 3.05) is 0 Å². The minimum absolute atomic E-state index is 0.0353. The highest BCUT2D eigenvalue weighted by Crippen LogP contribution is 2.30. The molecule has 172 valence electrons. The highest BCUT2D eigenvalue weighted by atomic mass is 19.1. The van der Waals surface area contributed by atoms with Gasteiger partial charge in [0.2, 0.25) is 0 Å². The van der Waals surface area contributed by atoms with E-state index < -0.39 is 0 Å². The van der Waals surface area contributed by atoms with Gasteiger partial charge < -0.3 is 4.90 Å². The standard InChI is InChI=1S/C29H31F2NO/c1-18(2)32(19(3)4)29(33)28-16-21(6)20(5)15-24(28)17-27(22-7-11-25(30)12-8-22)23-9-13-26(31)14-10-23/h7-19H,1-6H3. The van der Waals surface area contributed by atoms with Crippen LogP contribution >= 0.6 is 0 Å². The second kappa shape index (κ2) is 10.1. The molecular formula is C29H31F2NO. The minimum Gasteiger partial charge on any atom is -0.334 e. The van der Waals surface area contributed by atoms with Crippen LogP contribution in [-0.4, -0.2) is 22.9 Å². The fourth-order valence-corrected chi connectivity index (χ4v) is 4.10. The Kier molecular flexibility index (Phi) is 7.47. The Bertz CT molecular complexity index is 1100. The molecule has 0 bridgehead atoms. The summed E-state index contributed by atoms with van der Waals surface area (Å²) < 4.78 is 27.2. The minimum atomic E-state index is -0.330. The van der Waals surface area contributed by atoms with Crippen LogP contribution in [0.2, 0.25) is 0 Å². The molecule has 0 aliphatic carbocycles. The van der Waals surface area contributed by atoms with E-state index in [1.165, 1.54) is 24.3 Å². The normalized spacial score (nSPS) is 11.1. The van der Waals surface area contributed by atoms with Gasteiger partial charge in [-0.05, 0) is 111 Å². The number of benzene rings is 3. The van der Waals surface area contributed by atoms with Crippen LogP contribution in [0.4, 0.5) is 8.78 Å². The average Bonchev–Trinajstić information content (AvgIpc) is 2.75. The molecule has 0 saturated heterocycles. The predicted molar refractivity (Wildman–Crippen MR) is 132 cm³/mol. The molecule has 0 N–H and O–H groups in total. The lowest BCUT2D eigenvalue weighted by Gasteiger charge is -2.31. The van der Waals surface area contributed by atoms with E-state index in [0.29, 0.717) is 5.56 Å². The molecule has 0 aliphatic heterocycles. The van der Waals surface area contributed by atoms with Gasteiger partial charge in [-0.1, -0.05) is 30.3 Å². The molecule has 0 saturated carbocycles. The smallest absolute Gasteiger partial charge is 0.254 e. The van der Waals surface area contributed by atoms with Gasteiger partial charge in [-0.25, -0.2) is 8.78 Å². The van der Waals surface area contributed by atoms with Crippen LogP contribution in [0, 0.1) is 25.5 Å². The fraction of sp³-hybridized carbons (Fsp3) is 0.276.